The molecule has 2 aromatic rings. The average Bonchev–Trinajstić information content (AvgIpc) is 2.40. The van der Waals surface area contributed by atoms with E-state index in [1.54, 1.807) is 18.2 Å². The molecule has 5 nitrogen and oxygen atoms in total. The first-order valence-electron chi connectivity index (χ1n) is 5.99. The summed E-state index contributed by atoms with van der Waals surface area (Å²) in [7, 11) is 1.53. The molecule has 0 atom stereocenters. The molecule has 0 aliphatic heterocycles. The van der Waals surface area contributed by atoms with Crippen LogP contribution in [-0.4, -0.2) is 22.8 Å². The molecular formula is C14H15NO4. The predicted molar refractivity (Wildman–Crippen MR) is 71.8 cm³/mol. The number of hydrogen-bond acceptors (Lipinski definition) is 3. The fraction of sp³-hybridized carbons (Fsp3) is 0.286. The Morgan fingerprint density at radius 2 is 2.11 bits per heavy atom. The zero-order chi connectivity index (χ0) is 14.0. The van der Waals surface area contributed by atoms with E-state index in [9.17, 15) is 9.59 Å². The highest BCUT2D eigenvalue weighted by atomic mass is 16.5. The van der Waals surface area contributed by atoms with Crippen LogP contribution in [0.2, 0.25) is 0 Å². The number of nitrogens with zero attached hydrogens (tertiary/aromatic N) is 1. The van der Waals surface area contributed by atoms with Gasteiger partial charge < -0.3 is 9.84 Å². The van der Waals surface area contributed by atoms with Gasteiger partial charge in [0.1, 0.15) is 12.3 Å². The van der Waals surface area contributed by atoms with Crippen LogP contribution in [0, 0.1) is 0 Å². The molecule has 1 aromatic carbocycles. The monoisotopic (exact) mass is 261 g/mol. The molecule has 1 heterocycles. The Morgan fingerprint density at radius 1 is 1.37 bits per heavy atom. The summed E-state index contributed by atoms with van der Waals surface area (Å²) in [6.45, 7) is 1.52. The van der Waals surface area contributed by atoms with Crippen LogP contribution in [0.1, 0.15) is 12.5 Å². The van der Waals surface area contributed by atoms with Crippen LogP contribution in [0.15, 0.2) is 29.1 Å². The fourth-order valence-corrected chi connectivity index (χ4v) is 2.08. The van der Waals surface area contributed by atoms with Crippen molar-refractivity contribution in [3.63, 3.8) is 0 Å². The van der Waals surface area contributed by atoms with Gasteiger partial charge >= 0.3 is 5.97 Å². The van der Waals surface area contributed by atoms with Gasteiger partial charge in [0, 0.05) is 11.6 Å². The van der Waals surface area contributed by atoms with Crippen molar-refractivity contribution in [3.8, 4) is 5.75 Å². The lowest BCUT2D eigenvalue weighted by molar-refractivity contribution is -0.137. The molecule has 0 spiro atoms. The van der Waals surface area contributed by atoms with Gasteiger partial charge in [0.25, 0.3) is 5.56 Å². The average molecular weight is 261 g/mol. The summed E-state index contributed by atoms with van der Waals surface area (Å²) < 4.78 is 6.39. The van der Waals surface area contributed by atoms with Gasteiger partial charge in [-0.2, -0.15) is 0 Å². The molecule has 1 aromatic heterocycles. The third kappa shape index (κ3) is 2.45. The molecule has 0 radical (unpaired) electrons. The van der Waals surface area contributed by atoms with Crippen LogP contribution < -0.4 is 10.3 Å². The molecule has 0 unspecified atom stereocenters. The Kier molecular flexibility index (Phi) is 3.55. The Bertz CT molecular complexity index is 688. The minimum absolute atomic E-state index is 0.259. The molecule has 5 heteroatoms. The maximum atomic E-state index is 12.2. The van der Waals surface area contributed by atoms with Crippen molar-refractivity contribution in [2.24, 2.45) is 0 Å². The first-order chi connectivity index (χ1) is 9.06. The summed E-state index contributed by atoms with van der Waals surface area (Å²) in [4.78, 5) is 23.1. The molecule has 0 bridgehead atoms. The van der Waals surface area contributed by atoms with Crippen molar-refractivity contribution in [1.29, 1.82) is 0 Å². The molecule has 100 valence electrons. The largest absolute Gasteiger partial charge is 0.497 e. The number of fused-ring (bicyclic) bond motifs is 1. The van der Waals surface area contributed by atoms with Crippen molar-refractivity contribution >= 4 is 16.9 Å². The van der Waals surface area contributed by atoms with Crippen LogP contribution in [0.4, 0.5) is 0 Å². The highest BCUT2D eigenvalue weighted by Gasteiger charge is 2.11. The van der Waals surface area contributed by atoms with Gasteiger partial charge in [-0.3, -0.25) is 14.2 Å². The first-order valence-corrected chi connectivity index (χ1v) is 5.99. The van der Waals surface area contributed by atoms with E-state index in [1.807, 2.05) is 13.0 Å². The number of aromatic nitrogens is 1. The second kappa shape index (κ2) is 5.14. The number of ether oxygens (including phenoxy) is 1. The van der Waals surface area contributed by atoms with Gasteiger partial charge in [0.05, 0.1) is 12.6 Å². The lowest BCUT2D eigenvalue weighted by Crippen LogP contribution is -2.27. The Morgan fingerprint density at radius 3 is 2.68 bits per heavy atom. The van der Waals surface area contributed by atoms with Crippen molar-refractivity contribution in [3.05, 3.63) is 40.2 Å². The Labute approximate surface area is 110 Å². The predicted octanol–water partition coefficient (Wildman–Crippen LogP) is 1.66. The van der Waals surface area contributed by atoms with Gasteiger partial charge in [-0.05, 0) is 30.0 Å². The molecule has 0 saturated carbocycles. The van der Waals surface area contributed by atoms with E-state index in [2.05, 4.69) is 0 Å². The fourth-order valence-electron chi connectivity index (χ4n) is 2.08. The van der Waals surface area contributed by atoms with Gasteiger partial charge in [0.2, 0.25) is 0 Å². The topological polar surface area (TPSA) is 68.5 Å². The number of benzene rings is 1. The maximum absolute atomic E-state index is 12.2. The summed E-state index contributed by atoms with van der Waals surface area (Å²) >= 11 is 0. The summed E-state index contributed by atoms with van der Waals surface area (Å²) in [6.07, 6.45) is 0.570. The minimum Gasteiger partial charge on any atom is -0.497 e. The van der Waals surface area contributed by atoms with E-state index < -0.39 is 5.97 Å². The second-order valence-corrected chi connectivity index (χ2v) is 4.23. The molecule has 0 amide bonds. The molecular weight excluding hydrogens is 246 g/mol. The van der Waals surface area contributed by atoms with Gasteiger partial charge in [0.15, 0.2) is 0 Å². The number of carboxylic acids is 1. The number of pyridine rings is 1. The Balaban J connectivity index is 2.80. The third-order valence-corrected chi connectivity index (χ3v) is 3.05. The van der Waals surface area contributed by atoms with Gasteiger partial charge in [-0.25, -0.2) is 0 Å². The van der Waals surface area contributed by atoms with Gasteiger partial charge in [-0.1, -0.05) is 6.92 Å². The molecule has 0 saturated heterocycles. The molecule has 0 aliphatic carbocycles. The summed E-state index contributed by atoms with van der Waals surface area (Å²) in [6, 6.07) is 7.09. The second-order valence-electron chi connectivity index (χ2n) is 4.23. The summed E-state index contributed by atoms with van der Waals surface area (Å²) in [5.74, 6) is -0.449. The number of methoxy groups -OCH3 is 1. The maximum Gasteiger partial charge on any atom is 0.323 e. The quantitative estimate of drug-likeness (QED) is 0.908. The standard InChI is InChI=1S/C14H15NO4/c1-3-9-6-10-4-5-11(19-2)7-12(10)15(14(9)18)8-13(16)17/h4-7H,3,8H2,1-2H3,(H,16,17). The molecule has 2 rings (SSSR count). The Hall–Kier alpha value is -2.30. The number of aliphatic carboxylic acids is 1. The molecule has 0 aliphatic rings. The minimum atomic E-state index is -1.04. The lowest BCUT2D eigenvalue weighted by atomic mass is 10.1. The highest BCUT2D eigenvalue weighted by Crippen LogP contribution is 2.20. The smallest absolute Gasteiger partial charge is 0.323 e. The van der Waals surface area contributed by atoms with E-state index in [0.717, 1.165) is 5.39 Å². The number of hydrogen-bond donors (Lipinski definition) is 1. The summed E-state index contributed by atoms with van der Waals surface area (Å²) in [5.41, 5.74) is 0.925. The normalized spacial score (nSPS) is 10.6. The van der Waals surface area contributed by atoms with E-state index in [0.29, 0.717) is 23.3 Å². The SMILES string of the molecule is CCc1cc2ccc(OC)cc2n(CC(=O)O)c1=O. The molecule has 19 heavy (non-hydrogen) atoms. The summed E-state index contributed by atoms with van der Waals surface area (Å²) in [5, 5.41) is 9.78. The zero-order valence-electron chi connectivity index (χ0n) is 10.8. The molecule has 1 N–H and O–H groups in total. The zero-order valence-corrected chi connectivity index (χ0v) is 10.8. The van der Waals surface area contributed by atoms with E-state index in [4.69, 9.17) is 9.84 Å². The van der Waals surface area contributed by atoms with Crippen molar-refractivity contribution in [1.82, 2.24) is 4.57 Å². The van der Waals surface area contributed by atoms with Crippen molar-refractivity contribution in [2.45, 2.75) is 19.9 Å². The van der Waals surface area contributed by atoms with Crippen LogP contribution in [0.5, 0.6) is 5.75 Å². The van der Waals surface area contributed by atoms with Crippen molar-refractivity contribution in [2.75, 3.05) is 7.11 Å². The van der Waals surface area contributed by atoms with Gasteiger partial charge in [-0.15, -0.1) is 0 Å². The number of rotatable bonds is 4. The first kappa shape index (κ1) is 13.1. The van der Waals surface area contributed by atoms with Crippen LogP contribution >= 0.6 is 0 Å². The van der Waals surface area contributed by atoms with Crippen LogP contribution in [-0.2, 0) is 17.8 Å². The lowest BCUT2D eigenvalue weighted by Gasteiger charge is -2.11. The van der Waals surface area contributed by atoms with E-state index >= 15 is 0 Å². The number of carbonyl (C=O) groups is 1. The third-order valence-electron chi connectivity index (χ3n) is 3.05. The van der Waals surface area contributed by atoms with Crippen molar-refractivity contribution < 1.29 is 14.6 Å². The van der Waals surface area contributed by atoms with Crippen LogP contribution in [0.25, 0.3) is 10.9 Å². The number of carboxylic acid groups (broad SMARTS) is 1. The van der Waals surface area contributed by atoms with E-state index in [1.165, 1.54) is 11.7 Å². The molecule has 0 fully saturated rings. The van der Waals surface area contributed by atoms with Crippen LogP contribution in [0.3, 0.4) is 0 Å². The highest BCUT2D eigenvalue weighted by molar-refractivity contribution is 5.82. The number of aryl methyl sites for hydroxylation is 1. The van der Waals surface area contributed by atoms with E-state index in [-0.39, 0.29) is 12.1 Å².